The van der Waals surface area contributed by atoms with E-state index in [1.807, 2.05) is 52.8 Å². The Morgan fingerprint density at radius 2 is 1.67 bits per heavy atom. The van der Waals surface area contributed by atoms with Crippen molar-refractivity contribution in [3.63, 3.8) is 0 Å². The summed E-state index contributed by atoms with van der Waals surface area (Å²) < 4.78 is 5.37. The molecule has 3 N–H and O–H groups in total. The monoisotopic (exact) mass is 461 g/mol. The highest BCUT2D eigenvalue weighted by atomic mass is 16.6. The van der Waals surface area contributed by atoms with Crippen molar-refractivity contribution in [3.05, 3.63) is 35.9 Å². The van der Waals surface area contributed by atoms with Crippen LogP contribution >= 0.6 is 0 Å². The molecule has 184 valence electrons. The Morgan fingerprint density at radius 1 is 1.06 bits per heavy atom. The van der Waals surface area contributed by atoms with Crippen LogP contribution in [0.1, 0.15) is 65.9 Å². The van der Waals surface area contributed by atoms with E-state index < -0.39 is 36.0 Å². The van der Waals surface area contributed by atoms with Gasteiger partial charge < -0.3 is 20.6 Å². The maximum absolute atomic E-state index is 13.5. The molecule has 0 aromatic heterocycles. The average molecular weight is 462 g/mol. The molecule has 1 aromatic carbocycles. The summed E-state index contributed by atoms with van der Waals surface area (Å²) in [6.45, 7) is 9.53. The standard InChI is InChI=1S/C25H39N3O5/c1-6-10-20(15-29)28(25(32)33-16-19-11-8-7-9-12-19)24(31)22(14-18(4)5)27-23(30)21(26)13-17(2)3/h7-9,11-12,15,17-18,20-22H,6,10,13-14,16,26H2,1-5H3,(H,27,30)/t20-,21-,22-/m0/s1. The van der Waals surface area contributed by atoms with E-state index in [-0.39, 0.29) is 18.4 Å². The first-order chi connectivity index (χ1) is 15.6. The fourth-order valence-corrected chi connectivity index (χ4v) is 3.49. The molecule has 0 aliphatic rings. The largest absolute Gasteiger partial charge is 0.444 e. The van der Waals surface area contributed by atoms with Gasteiger partial charge in [-0.2, -0.15) is 0 Å². The van der Waals surface area contributed by atoms with Crippen molar-refractivity contribution in [1.82, 2.24) is 10.2 Å². The third-order valence-electron chi connectivity index (χ3n) is 5.10. The molecule has 0 spiro atoms. The Hall–Kier alpha value is -2.74. The lowest BCUT2D eigenvalue weighted by Gasteiger charge is -2.31. The van der Waals surface area contributed by atoms with Gasteiger partial charge in [-0.25, -0.2) is 9.69 Å². The number of nitrogens with one attached hydrogen (secondary N) is 1. The third kappa shape index (κ3) is 9.74. The normalized spacial score (nSPS) is 13.8. The Bertz CT molecular complexity index is 767. The minimum absolute atomic E-state index is 0.0401. The highest BCUT2D eigenvalue weighted by Gasteiger charge is 2.36. The smallest absolute Gasteiger partial charge is 0.417 e. The van der Waals surface area contributed by atoms with E-state index >= 15 is 0 Å². The summed E-state index contributed by atoms with van der Waals surface area (Å²) in [6, 6.07) is 6.29. The highest BCUT2D eigenvalue weighted by molar-refractivity contribution is 5.99. The Balaban J connectivity index is 3.13. The van der Waals surface area contributed by atoms with E-state index in [1.165, 1.54) is 0 Å². The number of carbonyl (C=O) groups is 4. The number of benzene rings is 1. The third-order valence-corrected chi connectivity index (χ3v) is 5.10. The first-order valence-electron chi connectivity index (χ1n) is 11.7. The van der Waals surface area contributed by atoms with Crippen LogP contribution in [0.3, 0.4) is 0 Å². The number of amides is 3. The van der Waals surface area contributed by atoms with Crippen molar-refractivity contribution < 1.29 is 23.9 Å². The molecule has 3 atom stereocenters. The predicted octanol–water partition coefficient (Wildman–Crippen LogP) is 3.42. The van der Waals surface area contributed by atoms with Crippen LogP contribution in [0, 0.1) is 11.8 Å². The van der Waals surface area contributed by atoms with Gasteiger partial charge in [0, 0.05) is 0 Å². The van der Waals surface area contributed by atoms with Crippen LogP contribution in [0.4, 0.5) is 4.79 Å². The molecule has 0 saturated carbocycles. The zero-order valence-electron chi connectivity index (χ0n) is 20.5. The number of ether oxygens (including phenoxy) is 1. The summed E-state index contributed by atoms with van der Waals surface area (Å²) in [6.07, 6.45) is 1.29. The predicted molar refractivity (Wildman–Crippen MR) is 127 cm³/mol. The van der Waals surface area contributed by atoms with Crippen LogP contribution in [0.15, 0.2) is 30.3 Å². The van der Waals surface area contributed by atoms with Gasteiger partial charge in [-0.15, -0.1) is 0 Å². The fraction of sp³-hybridized carbons (Fsp3) is 0.600. The van der Waals surface area contributed by atoms with Crippen molar-refractivity contribution in [2.75, 3.05) is 0 Å². The summed E-state index contributed by atoms with van der Waals surface area (Å²) in [5.74, 6) is -0.877. The Kier molecular flexibility index (Phi) is 12.4. The number of hydrogen-bond acceptors (Lipinski definition) is 6. The Labute approximate surface area is 197 Å². The van der Waals surface area contributed by atoms with Crippen molar-refractivity contribution in [3.8, 4) is 0 Å². The van der Waals surface area contributed by atoms with Crippen LogP contribution < -0.4 is 11.1 Å². The van der Waals surface area contributed by atoms with Crippen LogP contribution in [0.2, 0.25) is 0 Å². The van der Waals surface area contributed by atoms with Gasteiger partial charge in [0.15, 0.2) is 0 Å². The molecule has 1 rings (SSSR count). The molecular formula is C25H39N3O5. The van der Waals surface area contributed by atoms with E-state index in [0.717, 1.165) is 10.5 Å². The quantitative estimate of drug-likeness (QED) is 0.435. The molecular weight excluding hydrogens is 422 g/mol. The topological polar surface area (TPSA) is 119 Å². The van der Waals surface area contributed by atoms with Gasteiger partial charge in [-0.05, 0) is 36.7 Å². The van der Waals surface area contributed by atoms with Crippen molar-refractivity contribution in [1.29, 1.82) is 0 Å². The average Bonchev–Trinajstić information content (AvgIpc) is 2.76. The molecule has 0 fully saturated rings. The lowest BCUT2D eigenvalue weighted by Crippen LogP contribution is -2.57. The Morgan fingerprint density at radius 3 is 2.18 bits per heavy atom. The van der Waals surface area contributed by atoms with E-state index in [9.17, 15) is 19.2 Å². The number of nitrogens with two attached hydrogens (primary N) is 1. The molecule has 3 amide bonds. The van der Waals surface area contributed by atoms with Gasteiger partial charge >= 0.3 is 6.09 Å². The molecule has 0 bridgehead atoms. The summed E-state index contributed by atoms with van der Waals surface area (Å²) in [5.41, 5.74) is 6.75. The molecule has 0 saturated heterocycles. The van der Waals surface area contributed by atoms with Gasteiger partial charge in [-0.3, -0.25) is 9.59 Å². The SMILES string of the molecule is CCC[C@@H](C=O)N(C(=O)OCc1ccccc1)C(=O)[C@H](CC(C)C)NC(=O)[C@@H](N)CC(C)C. The molecule has 0 radical (unpaired) electrons. The molecule has 0 heterocycles. The highest BCUT2D eigenvalue weighted by Crippen LogP contribution is 2.16. The van der Waals surface area contributed by atoms with E-state index in [0.29, 0.717) is 32.0 Å². The van der Waals surface area contributed by atoms with Crippen LogP contribution in [-0.2, 0) is 25.7 Å². The second kappa shape index (κ2) is 14.4. The van der Waals surface area contributed by atoms with Gasteiger partial charge in [0.1, 0.15) is 18.9 Å². The maximum atomic E-state index is 13.5. The van der Waals surface area contributed by atoms with E-state index in [4.69, 9.17) is 10.5 Å². The summed E-state index contributed by atoms with van der Waals surface area (Å²) in [4.78, 5) is 51.8. The summed E-state index contributed by atoms with van der Waals surface area (Å²) in [5, 5.41) is 2.70. The maximum Gasteiger partial charge on any atom is 0.417 e. The van der Waals surface area contributed by atoms with Gasteiger partial charge in [0.25, 0.3) is 5.91 Å². The zero-order valence-corrected chi connectivity index (χ0v) is 20.5. The number of nitrogens with zero attached hydrogens (tertiary/aromatic N) is 1. The van der Waals surface area contributed by atoms with Gasteiger partial charge in [0.2, 0.25) is 5.91 Å². The summed E-state index contributed by atoms with van der Waals surface area (Å²) >= 11 is 0. The van der Waals surface area contributed by atoms with Crippen LogP contribution in [0.25, 0.3) is 0 Å². The number of rotatable bonds is 13. The van der Waals surface area contributed by atoms with Crippen LogP contribution in [-0.4, -0.2) is 47.2 Å². The first kappa shape index (κ1) is 28.3. The number of hydrogen-bond donors (Lipinski definition) is 2. The summed E-state index contributed by atoms with van der Waals surface area (Å²) in [7, 11) is 0. The minimum Gasteiger partial charge on any atom is -0.444 e. The second-order valence-electron chi connectivity index (χ2n) is 9.17. The molecule has 33 heavy (non-hydrogen) atoms. The molecule has 1 aromatic rings. The molecule has 8 nitrogen and oxygen atoms in total. The second-order valence-corrected chi connectivity index (χ2v) is 9.17. The van der Waals surface area contributed by atoms with Crippen molar-refractivity contribution in [2.24, 2.45) is 17.6 Å². The molecule has 0 aliphatic heterocycles. The molecule has 0 aliphatic carbocycles. The lowest BCUT2D eigenvalue weighted by molar-refractivity contribution is -0.139. The van der Waals surface area contributed by atoms with Crippen LogP contribution in [0.5, 0.6) is 0 Å². The number of aldehydes is 1. The van der Waals surface area contributed by atoms with Gasteiger partial charge in [-0.1, -0.05) is 71.4 Å². The molecule has 0 unspecified atom stereocenters. The number of imide groups is 1. The van der Waals surface area contributed by atoms with E-state index in [1.54, 1.807) is 12.1 Å². The van der Waals surface area contributed by atoms with Gasteiger partial charge in [0.05, 0.1) is 12.1 Å². The number of carbonyl (C=O) groups excluding carboxylic acids is 4. The fourth-order valence-electron chi connectivity index (χ4n) is 3.49. The first-order valence-corrected chi connectivity index (χ1v) is 11.7. The van der Waals surface area contributed by atoms with Crippen molar-refractivity contribution >= 4 is 24.2 Å². The lowest BCUT2D eigenvalue weighted by atomic mass is 9.99. The minimum atomic E-state index is -1.00. The zero-order chi connectivity index (χ0) is 25.0. The van der Waals surface area contributed by atoms with Crippen molar-refractivity contribution in [2.45, 2.75) is 85.0 Å². The van der Waals surface area contributed by atoms with E-state index in [2.05, 4.69) is 5.32 Å². The molecule has 8 heteroatoms.